The van der Waals surface area contributed by atoms with Crippen molar-refractivity contribution in [3.05, 3.63) is 64.1 Å². The molecule has 126 valence electrons. The van der Waals surface area contributed by atoms with Gasteiger partial charge in [0.1, 0.15) is 6.61 Å². The number of carbonyl (C=O) groups is 1. The van der Waals surface area contributed by atoms with E-state index in [-0.39, 0.29) is 6.61 Å². The second kappa shape index (κ2) is 9.13. The third kappa shape index (κ3) is 5.42. The summed E-state index contributed by atoms with van der Waals surface area (Å²) in [4.78, 5) is 11.8. The van der Waals surface area contributed by atoms with E-state index in [1.807, 2.05) is 49.4 Å². The molecular weight excluding hydrogens is 372 g/mol. The third-order valence-corrected chi connectivity index (χ3v) is 3.66. The van der Waals surface area contributed by atoms with Crippen LogP contribution in [0.15, 0.2) is 53.0 Å². The quantitative estimate of drug-likeness (QED) is 0.511. The molecule has 0 spiro atoms. The number of hydrogen-bond donors (Lipinski definition) is 0. The molecule has 0 saturated heterocycles. The van der Waals surface area contributed by atoms with Crippen molar-refractivity contribution in [3.8, 4) is 11.5 Å². The van der Waals surface area contributed by atoms with Crippen LogP contribution in [-0.4, -0.2) is 19.7 Å². The first-order valence-corrected chi connectivity index (χ1v) is 8.31. The van der Waals surface area contributed by atoms with Crippen molar-refractivity contribution in [2.45, 2.75) is 13.5 Å². The SMILES string of the molecule is CCOc1ccc(/C=C/C(=O)OCc2cccc(Br)c2)cc1OC. The summed E-state index contributed by atoms with van der Waals surface area (Å²) in [6.07, 6.45) is 3.08. The Balaban J connectivity index is 1.95. The van der Waals surface area contributed by atoms with Crippen LogP contribution in [0, 0.1) is 0 Å². The summed E-state index contributed by atoms with van der Waals surface area (Å²) >= 11 is 3.38. The average Bonchev–Trinajstić information content (AvgIpc) is 2.59. The minimum atomic E-state index is -0.400. The second-order valence-corrected chi connectivity index (χ2v) is 5.83. The van der Waals surface area contributed by atoms with E-state index in [4.69, 9.17) is 14.2 Å². The molecule has 0 N–H and O–H groups in total. The van der Waals surface area contributed by atoms with Crippen molar-refractivity contribution in [3.63, 3.8) is 0 Å². The van der Waals surface area contributed by atoms with Gasteiger partial charge in [0.15, 0.2) is 11.5 Å². The predicted molar refractivity (Wildman–Crippen MR) is 97.1 cm³/mol. The topological polar surface area (TPSA) is 44.8 Å². The van der Waals surface area contributed by atoms with Crippen molar-refractivity contribution in [1.82, 2.24) is 0 Å². The first-order valence-electron chi connectivity index (χ1n) is 7.52. The molecule has 0 amide bonds. The van der Waals surface area contributed by atoms with E-state index in [2.05, 4.69) is 15.9 Å². The Kier molecular flexibility index (Phi) is 6.88. The van der Waals surface area contributed by atoms with Crippen LogP contribution in [0.4, 0.5) is 0 Å². The number of ether oxygens (including phenoxy) is 3. The molecule has 0 atom stereocenters. The minimum Gasteiger partial charge on any atom is -0.493 e. The zero-order valence-corrected chi connectivity index (χ0v) is 15.2. The zero-order valence-electron chi connectivity index (χ0n) is 13.6. The maximum Gasteiger partial charge on any atom is 0.331 e. The Morgan fingerprint density at radius 2 is 2.00 bits per heavy atom. The lowest BCUT2D eigenvalue weighted by Crippen LogP contribution is -2.00. The number of benzene rings is 2. The van der Waals surface area contributed by atoms with E-state index >= 15 is 0 Å². The van der Waals surface area contributed by atoms with Crippen LogP contribution < -0.4 is 9.47 Å². The second-order valence-electron chi connectivity index (χ2n) is 4.91. The molecule has 0 fully saturated rings. The maximum atomic E-state index is 11.8. The highest BCUT2D eigenvalue weighted by Crippen LogP contribution is 2.28. The summed E-state index contributed by atoms with van der Waals surface area (Å²) in [5, 5.41) is 0. The fourth-order valence-corrected chi connectivity index (χ4v) is 2.50. The van der Waals surface area contributed by atoms with Gasteiger partial charge in [0.05, 0.1) is 13.7 Å². The highest BCUT2D eigenvalue weighted by molar-refractivity contribution is 9.10. The summed E-state index contributed by atoms with van der Waals surface area (Å²) in [6.45, 7) is 2.71. The summed E-state index contributed by atoms with van der Waals surface area (Å²) in [5.41, 5.74) is 1.75. The van der Waals surface area contributed by atoms with E-state index < -0.39 is 5.97 Å². The summed E-state index contributed by atoms with van der Waals surface area (Å²) in [7, 11) is 1.58. The minimum absolute atomic E-state index is 0.231. The van der Waals surface area contributed by atoms with Crippen molar-refractivity contribution in [2.75, 3.05) is 13.7 Å². The molecule has 0 aliphatic rings. The zero-order chi connectivity index (χ0) is 17.4. The summed E-state index contributed by atoms with van der Waals surface area (Å²) in [5.74, 6) is 0.902. The number of hydrogen-bond acceptors (Lipinski definition) is 4. The molecule has 0 aliphatic carbocycles. The first-order chi connectivity index (χ1) is 11.6. The fourth-order valence-electron chi connectivity index (χ4n) is 2.06. The number of methoxy groups -OCH3 is 1. The predicted octanol–water partition coefficient (Wildman–Crippen LogP) is 4.61. The van der Waals surface area contributed by atoms with Gasteiger partial charge in [-0.1, -0.05) is 34.1 Å². The molecule has 0 aliphatic heterocycles. The van der Waals surface area contributed by atoms with Crippen LogP contribution in [0.2, 0.25) is 0 Å². The van der Waals surface area contributed by atoms with E-state index in [1.165, 1.54) is 6.08 Å². The largest absolute Gasteiger partial charge is 0.493 e. The first kappa shape index (κ1) is 18.1. The van der Waals surface area contributed by atoms with Gasteiger partial charge in [-0.25, -0.2) is 4.79 Å². The highest BCUT2D eigenvalue weighted by Gasteiger charge is 2.04. The van der Waals surface area contributed by atoms with E-state index in [0.717, 1.165) is 15.6 Å². The smallest absolute Gasteiger partial charge is 0.331 e. The standard InChI is InChI=1S/C19H19BrO4/c1-3-23-17-9-7-14(12-18(17)22-2)8-10-19(21)24-13-15-5-4-6-16(20)11-15/h4-12H,3,13H2,1-2H3/b10-8+. The van der Waals surface area contributed by atoms with Crippen LogP contribution in [0.25, 0.3) is 6.08 Å². The Hall–Kier alpha value is -2.27. The van der Waals surface area contributed by atoms with Gasteiger partial charge in [0.2, 0.25) is 0 Å². The Morgan fingerprint density at radius 3 is 2.71 bits per heavy atom. The number of halogens is 1. The van der Waals surface area contributed by atoms with Gasteiger partial charge in [-0.3, -0.25) is 0 Å². The fraction of sp³-hybridized carbons (Fsp3) is 0.211. The molecule has 24 heavy (non-hydrogen) atoms. The number of carbonyl (C=O) groups excluding carboxylic acids is 1. The van der Waals surface area contributed by atoms with E-state index in [0.29, 0.717) is 18.1 Å². The Morgan fingerprint density at radius 1 is 1.17 bits per heavy atom. The van der Waals surface area contributed by atoms with Crippen LogP contribution in [0.1, 0.15) is 18.1 Å². The molecule has 0 radical (unpaired) electrons. The van der Waals surface area contributed by atoms with Crippen LogP contribution in [0.3, 0.4) is 0 Å². The summed E-state index contributed by atoms with van der Waals surface area (Å²) in [6, 6.07) is 13.1. The molecule has 0 bridgehead atoms. The molecular formula is C19H19BrO4. The molecule has 2 rings (SSSR count). The average molecular weight is 391 g/mol. The third-order valence-electron chi connectivity index (χ3n) is 3.17. The van der Waals surface area contributed by atoms with Crippen molar-refractivity contribution in [2.24, 2.45) is 0 Å². The van der Waals surface area contributed by atoms with E-state index in [1.54, 1.807) is 13.2 Å². The normalized spacial score (nSPS) is 10.6. The number of rotatable bonds is 7. The Labute approximate surface area is 150 Å². The van der Waals surface area contributed by atoms with Gasteiger partial charge in [-0.15, -0.1) is 0 Å². The molecule has 0 aromatic heterocycles. The van der Waals surface area contributed by atoms with Gasteiger partial charge in [0, 0.05) is 10.5 Å². The molecule has 2 aromatic carbocycles. The molecule has 2 aromatic rings. The van der Waals surface area contributed by atoms with Gasteiger partial charge in [-0.05, 0) is 48.4 Å². The van der Waals surface area contributed by atoms with Gasteiger partial charge >= 0.3 is 5.97 Å². The lowest BCUT2D eigenvalue weighted by molar-refractivity contribution is -0.138. The van der Waals surface area contributed by atoms with Gasteiger partial charge < -0.3 is 14.2 Å². The van der Waals surface area contributed by atoms with Crippen molar-refractivity contribution >= 4 is 28.0 Å². The van der Waals surface area contributed by atoms with Crippen molar-refractivity contribution in [1.29, 1.82) is 0 Å². The van der Waals surface area contributed by atoms with Gasteiger partial charge in [0.25, 0.3) is 0 Å². The summed E-state index contributed by atoms with van der Waals surface area (Å²) < 4.78 is 16.9. The highest BCUT2D eigenvalue weighted by atomic mass is 79.9. The molecule has 0 heterocycles. The monoisotopic (exact) mass is 390 g/mol. The van der Waals surface area contributed by atoms with Crippen LogP contribution in [-0.2, 0) is 16.1 Å². The van der Waals surface area contributed by atoms with Crippen molar-refractivity contribution < 1.29 is 19.0 Å². The molecule has 4 nitrogen and oxygen atoms in total. The lowest BCUT2D eigenvalue weighted by Gasteiger charge is -2.09. The molecule has 5 heteroatoms. The number of esters is 1. The molecule has 0 saturated carbocycles. The van der Waals surface area contributed by atoms with Crippen LogP contribution in [0.5, 0.6) is 11.5 Å². The lowest BCUT2D eigenvalue weighted by atomic mass is 10.2. The van der Waals surface area contributed by atoms with E-state index in [9.17, 15) is 4.79 Å². The molecule has 0 unspecified atom stereocenters. The van der Waals surface area contributed by atoms with Gasteiger partial charge in [-0.2, -0.15) is 0 Å². The van der Waals surface area contributed by atoms with Crippen LogP contribution >= 0.6 is 15.9 Å². The maximum absolute atomic E-state index is 11.8. The Bertz CT molecular complexity index is 725.